The van der Waals surface area contributed by atoms with Gasteiger partial charge in [0.1, 0.15) is 0 Å². The first-order valence-corrected chi connectivity index (χ1v) is 9.94. The van der Waals surface area contributed by atoms with Crippen LogP contribution in [0.15, 0.2) is 29.3 Å². The molecule has 0 saturated carbocycles. The fourth-order valence-corrected chi connectivity index (χ4v) is 2.94. The van der Waals surface area contributed by atoms with Crippen LogP contribution in [0.3, 0.4) is 0 Å². The summed E-state index contributed by atoms with van der Waals surface area (Å²) >= 11 is 0. The van der Waals surface area contributed by atoms with E-state index in [1.807, 2.05) is 38.1 Å². The van der Waals surface area contributed by atoms with Crippen molar-refractivity contribution in [3.05, 3.63) is 35.4 Å². The lowest BCUT2D eigenvalue weighted by atomic mass is 9.94. The van der Waals surface area contributed by atoms with Gasteiger partial charge >= 0.3 is 0 Å². The molecule has 27 heavy (non-hydrogen) atoms. The molecule has 0 heterocycles. The third-order valence-corrected chi connectivity index (χ3v) is 4.18. The number of guanidine groups is 1. The van der Waals surface area contributed by atoms with Gasteiger partial charge in [-0.3, -0.25) is 9.79 Å². The largest absolute Gasteiger partial charge is 0.396 e. The Bertz CT molecular complexity index is 587. The van der Waals surface area contributed by atoms with Crippen molar-refractivity contribution in [2.45, 2.75) is 40.5 Å². The minimum Gasteiger partial charge on any atom is -0.396 e. The summed E-state index contributed by atoms with van der Waals surface area (Å²) in [5.41, 5.74) is 1.75. The Kier molecular flexibility index (Phi) is 11.2. The number of aliphatic imine (C=N–C) groups is 1. The summed E-state index contributed by atoms with van der Waals surface area (Å²) < 4.78 is 0. The number of hydrogen-bond acceptors (Lipinski definition) is 3. The number of nitrogens with zero attached hydrogens (tertiary/aromatic N) is 1. The maximum absolute atomic E-state index is 12.1. The van der Waals surface area contributed by atoms with Crippen molar-refractivity contribution in [3.8, 4) is 0 Å². The Labute approximate surface area is 163 Å². The van der Waals surface area contributed by atoms with Crippen molar-refractivity contribution in [2.24, 2.45) is 16.8 Å². The van der Waals surface area contributed by atoms with Crippen molar-refractivity contribution >= 4 is 11.9 Å². The van der Waals surface area contributed by atoms with Crippen LogP contribution in [0.2, 0.25) is 0 Å². The van der Waals surface area contributed by atoms with Gasteiger partial charge in [0, 0.05) is 38.3 Å². The fourth-order valence-electron chi connectivity index (χ4n) is 2.94. The highest BCUT2D eigenvalue weighted by atomic mass is 16.3. The normalized spacial score (nSPS) is 12.7. The predicted octanol–water partition coefficient (Wildman–Crippen LogP) is 2.32. The molecule has 1 unspecified atom stereocenters. The van der Waals surface area contributed by atoms with Gasteiger partial charge in [0.25, 0.3) is 5.91 Å². The lowest BCUT2D eigenvalue weighted by Gasteiger charge is -2.17. The molecule has 1 amide bonds. The second-order valence-corrected chi connectivity index (χ2v) is 7.28. The Morgan fingerprint density at radius 1 is 1.19 bits per heavy atom. The van der Waals surface area contributed by atoms with Gasteiger partial charge in [-0.15, -0.1) is 0 Å². The zero-order valence-electron chi connectivity index (χ0n) is 17.2. The minimum absolute atomic E-state index is 0.0672. The monoisotopic (exact) mass is 376 g/mol. The first-order valence-electron chi connectivity index (χ1n) is 9.94. The molecule has 1 rings (SSSR count). The van der Waals surface area contributed by atoms with Crippen LogP contribution < -0.4 is 16.0 Å². The molecule has 6 heteroatoms. The molecule has 0 aromatic heterocycles. The Morgan fingerprint density at radius 2 is 1.93 bits per heavy atom. The average molecular weight is 377 g/mol. The van der Waals surface area contributed by atoms with Crippen molar-refractivity contribution in [1.29, 1.82) is 0 Å². The van der Waals surface area contributed by atoms with Crippen LogP contribution >= 0.6 is 0 Å². The second kappa shape index (κ2) is 13.1. The lowest BCUT2D eigenvalue weighted by molar-refractivity contribution is 0.0954. The molecule has 0 aliphatic carbocycles. The number of carbonyl (C=O) groups excluding carboxylic acids is 1. The Morgan fingerprint density at radius 3 is 2.56 bits per heavy atom. The quantitative estimate of drug-likeness (QED) is 0.271. The molecule has 0 aliphatic rings. The van der Waals surface area contributed by atoms with E-state index in [2.05, 4.69) is 34.8 Å². The summed E-state index contributed by atoms with van der Waals surface area (Å²) in [5.74, 6) is 1.65. The third kappa shape index (κ3) is 9.99. The number of rotatable bonds is 11. The van der Waals surface area contributed by atoms with E-state index in [4.69, 9.17) is 0 Å². The van der Waals surface area contributed by atoms with Gasteiger partial charge in [-0.2, -0.15) is 0 Å². The summed E-state index contributed by atoms with van der Waals surface area (Å²) in [4.78, 5) is 16.8. The number of nitrogens with one attached hydrogen (secondary N) is 3. The molecule has 1 aromatic rings. The molecule has 0 aliphatic heterocycles. The number of carbonyl (C=O) groups is 1. The van der Waals surface area contributed by atoms with Crippen LogP contribution in [0, 0.1) is 18.8 Å². The molecule has 0 fully saturated rings. The van der Waals surface area contributed by atoms with E-state index in [1.54, 1.807) is 0 Å². The summed E-state index contributed by atoms with van der Waals surface area (Å²) in [6.45, 7) is 11.1. The highest BCUT2D eigenvalue weighted by Gasteiger charge is 2.11. The SMILES string of the molecule is CCNC(=NCC(CCO)CC(C)C)NCCNC(=O)c1cccc(C)c1. The molecule has 6 nitrogen and oxygen atoms in total. The lowest BCUT2D eigenvalue weighted by Crippen LogP contribution is -2.41. The topological polar surface area (TPSA) is 85.8 Å². The summed E-state index contributed by atoms with van der Waals surface area (Å²) in [6, 6.07) is 7.56. The summed E-state index contributed by atoms with van der Waals surface area (Å²) in [6.07, 6.45) is 1.82. The van der Waals surface area contributed by atoms with Gasteiger partial charge < -0.3 is 21.1 Å². The first kappa shape index (κ1) is 23.0. The van der Waals surface area contributed by atoms with Gasteiger partial charge in [-0.25, -0.2) is 0 Å². The molecule has 152 valence electrons. The van der Waals surface area contributed by atoms with E-state index in [-0.39, 0.29) is 12.5 Å². The number of aliphatic hydroxyl groups excluding tert-OH is 1. The molecule has 0 radical (unpaired) electrons. The van der Waals surface area contributed by atoms with Crippen molar-refractivity contribution in [1.82, 2.24) is 16.0 Å². The van der Waals surface area contributed by atoms with Crippen LogP contribution in [0.5, 0.6) is 0 Å². The summed E-state index contributed by atoms with van der Waals surface area (Å²) in [5, 5.41) is 18.6. The second-order valence-electron chi connectivity index (χ2n) is 7.28. The molecular formula is C21H36N4O2. The van der Waals surface area contributed by atoms with E-state index < -0.39 is 0 Å². The van der Waals surface area contributed by atoms with Crippen LogP contribution in [0.25, 0.3) is 0 Å². The number of benzene rings is 1. The van der Waals surface area contributed by atoms with Crippen LogP contribution in [-0.4, -0.2) is 49.8 Å². The minimum atomic E-state index is -0.0672. The third-order valence-electron chi connectivity index (χ3n) is 4.18. The maximum atomic E-state index is 12.1. The number of amides is 1. The first-order chi connectivity index (χ1) is 13.0. The number of aliphatic hydroxyl groups is 1. The Balaban J connectivity index is 2.45. The van der Waals surface area contributed by atoms with E-state index >= 15 is 0 Å². The smallest absolute Gasteiger partial charge is 0.251 e. The molecule has 1 atom stereocenters. The zero-order valence-corrected chi connectivity index (χ0v) is 17.2. The van der Waals surface area contributed by atoms with Gasteiger partial charge in [-0.1, -0.05) is 31.5 Å². The van der Waals surface area contributed by atoms with Gasteiger partial charge in [0.15, 0.2) is 5.96 Å². The van der Waals surface area contributed by atoms with Gasteiger partial charge in [-0.05, 0) is 50.7 Å². The molecule has 1 aromatic carbocycles. The van der Waals surface area contributed by atoms with Gasteiger partial charge in [0.05, 0.1) is 0 Å². The van der Waals surface area contributed by atoms with E-state index in [0.717, 1.165) is 30.9 Å². The van der Waals surface area contributed by atoms with E-state index in [0.29, 0.717) is 37.0 Å². The highest BCUT2D eigenvalue weighted by molar-refractivity contribution is 5.94. The molecular weight excluding hydrogens is 340 g/mol. The van der Waals surface area contributed by atoms with Crippen LogP contribution in [0.4, 0.5) is 0 Å². The Hall–Kier alpha value is -2.08. The fraction of sp³-hybridized carbons (Fsp3) is 0.619. The number of aryl methyl sites for hydroxylation is 1. The summed E-state index contributed by atoms with van der Waals surface area (Å²) in [7, 11) is 0. The molecule has 0 bridgehead atoms. The van der Waals surface area contributed by atoms with Crippen molar-refractivity contribution in [2.75, 3.05) is 32.8 Å². The van der Waals surface area contributed by atoms with E-state index in [1.165, 1.54) is 0 Å². The van der Waals surface area contributed by atoms with Gasteiger partial charge in [0.2, 0.25) is 0 Å². The zero-order chi connectivity index (χ0) is 20.1. The highest BCUT2D eigenvalue weighted by Crippen LogP contribution is 2.15. The maximum Gasteiger partial charge on any atom is 0.251 e. The van der Waals surface area contributed by atoms with Crippen LogP contribution in [-0.2, 0) is 0 Å². The van der Waals surface area contributed by atoms with E-state index in [9.17, 15) is 9.90 Å². The standard InChI is InChI=1S/C21H36N4O2/c1-5-22-21(25-15-18(9-12-26)13-16(2)3)24-11-10-23-20(27)19-8-6-7-17(4)14-19/h6-8,14,16,18,26H,5,9-13,15H2,1-4H3,(H,23,27)(H2,22,24,25). The van der Waals surface area contributed by atoms with Crippen molar-refractivity contribution < 1.29 is 9.90 Å². The molecule has 0 saturated heterocycles. The average Bonchev–Trinajstić information content (AvgIpc) is 2.62. The number of hydrogen-bond donors (Lipinski definition) is 4. The molecule has 4 N–H and O–H groups in total. The van der Waals surface area contributed by atoms with Crippen LogP contribution in [0.1, 0.15) is 49.5 Å². The predicted molar refractivity (Wildman–Crippen MR) is 112 cm³/mol. The van der Waals surface area contributed by atoms with Crippen molar-refractivity contribution in [3.63, 3.8) is 0 Å². The molecule has 0 spiro atoms.